The van der Waals surface area contributed by atoms with Crippen LogP contribution in [-0.4, -0.2) is 12.5 Å². The fourth-order valence-corrected chi connectivity index (χ4v) is 1.62. The highest BCUT2D eigenvalue weighted by molar-refractivity contribution is 6.30. The van der Waals surface area contributed by atoms with Gasteiger partial charge in [-0.3, -0.25) is 4.79 Å². The molecule has 0 aromatic heterocycles. The van der Waals surface area contributed by atoms with Gasteiger partial charge in [0.15, 0.2) is 0 Å². The molecule has 4 heteroatoms. The fraction of sp³-hybridized carbons (Fsp3) is 0.357. The number of benzene rings is 1. The lowest BCUT2D eigenvalue weighted by atomic mass is 10.1. The highest BCUT2D eigenvalue weighted by Gasteiger charge is 2.08. The molecule has 0 aliphatic carbocycles. The van der Waals surface area contributed by atoms with Crippen LogP contribution in [0.1, 0.15) is 25.8 Å². The third-order valence-corrected chi connectivity index (χ3v) is 2.41. The summed E-state index contributed by atoms with van der Waals surface area (Å²) in [6.07, 6.45) is 0.479. The largest absolute Gasteiger partial charge is 0.325 e. The quantitative estimate of drug-likeness (QED) is 0.825. The SMILES string of the molecule is CC(C)CC(=O)Nc1ccc(Cl)cc1C#CCN. The van der Waals surface area contributed by atoms with E-state index in [1.165, 1.54) is 0 Å². The van der Waals surface area contributed by atoms with Crippen LogP contribution in [-0.2, 0) is 4.79 Å². The van der Waals surface area contributed by atoms with E-state index in [0.29, 0.717) is 28.6 Å². The highest BCUT2D eigenvalue weighted by Crippen LogP contribution is 2.20. The summed E-state index contributed by atoms with van der Waals surface area (Å²) in [5.41, 5.74) is 6.70. The van der Waals surface area contributed by atoms with Crippen LogP contribution in [0, 0.1) is 17.8 Å². The summed E-state index contributed by atoms with van der Waals surface area (Å²) >= 11 is 5.90. The fourth-order valence-electron chi connectivity index (χ4n) is 1.45. The molecular weight excluding hydrogens is 248 g/mol. The molecule has 18 heavy (non-hydrogen) atoms. The number of hydrogen-bond acceptors (Lipinski definition) is 2. The van der Waals surface area contributed by atoms with Crippen LogP contribution >= 0.6 is 11.6 Å². The second kappa shape index (κ2) is 7.05. The van der Waals surface area contributed by atoms with Crippen molar-refractivity contribution < 1.29 is 4.79 Å². The Labute approximate surface area is 113 Å². The van der Waals surface area contributed by atoms with Gasteiger partial charge in [0.2, 0.25) is 5.91 Å². The number of rotatable bonds is 3. The molecule has 1 aromatic rings. The summed E-state index contributed by atoms with van der Waals surface area (Å²) in [7, 11) is 0. The molecule has 0 aliphatic heterocycles. The van der Waals surface area contributed by atoms with Crippen molar-refractivity contribution in [1.29, 1.82) is 0 Å². The van der Waals surface area contributed by atoms with Crippen molar-refractivity contribution in [2.75, 3.05) is 11.9 Å². The Morgan fingerprint density at radius 1 is 1.50 bits per heavy atom. The molecule has 3 N–H and O–H groups in total. The van der Waals surface area contributed by atoms with Crippen LogP contribution < -0.4 is 11.1 Å². The van der Waals surface area contributed by atoms with E-state index < -0.39 is 0 Å². The Kier molecular flexibility index (Phi) is 5.70. The van der Waals surface area contributed by atoms with Crippen molar-refractivity contribution in [3.05, 3.63) is 28.8 Å². The maximum absolute atomic E-state index is 11.7. The van der Waals surface area contributed by atoms with E-state index in [-0.39, 0.29) is 12.5 Å². The first-order valence-corrected chi connectivity index (χ1v) is 6.19. The number of nitrogens with two attached hydrogens (primary N) is 1. The van der Waals surface area contributed by atoms with Crippen LogP contribution in [0.3, 0.4) is 0 Å². The Hall–Kier alpha value is -1.50. The van der Waals surface area contributed by atoms with Crippen molar-refractivity contribution in [1.82, 2.24) is 0 Å². The van der Waals surface area contributed by atoms with Gasteiger partial charge in [-0.15, -0.1) is 0 Å². The highest BCUT2D eigenvalue weighted by atomic mass is 35.5. The maximum Gasteiger partial charge on any atom is 0.224 e. The molecule has 1 rings (SSSR count). The van der Waals surface area contributed by atoms with Crippen LogP contribution in [0.25, 0.3) is 0 Å². The topological polar surface area (TPSA) is 55.1 Å². The lowest BCUT2D eigenvalue weighted by molar-refractivity contribution is -0.116. The first kappa shape index (κ1) is 14.6. The summed E-state index contributed by atoms with van der Waals surface area (Å²) in [5.74, 6) is 5.94. The van der Waals surface area contributed by atoms with E-state index in [1.54, 1.807) is 18.2 Å². The van der Waals surface area contributed by atoms with Crippen molar-refractivity contribution in [2.24, 2.45) is 11.7 Å². The van der Waals surface area contributed by atoms with Gasteiger partial charge in [-0.25, -0.2) is 0 Å². The van der Waals surface area contributed by atoms with Gasteiger partial charge in [0, 0.05) is 17.0 Å². The van der Waals surface area contributed by atoms with E-state index >= 15 is 0 Å². The van der Waals surface area contributed by atoms with E-state index in [2.05, 4.69) is 17.2 Å². The molecule has 0 radical (unpaired) electrons. The molecule has 3 nitrogen and oxygen atoms in total. The van der Waals surface area contributed by atoms with Gasteiger partial charge in [-0.1, -0.05) is 37.3 Å². The van der Waals surface area contributed by atoms with Gasteiger partial charge in [0.25, 0.3) is 0 Å². The van der Waals surface area contributed by atoms with E-state index in [4.69, 9.17) is 17.3 Å². The van der Waals surface area contributed by atoms with Crippen LogP contribution in [0.5, 0.6) is 0 Å². The van der Waals surface area contributed by atoms with Crippen molar-refractivity contribution in [2.45, 2.75) is 20.3 Å². The van der Waals surface area contributed by atoms with Gasteiger partial charge >= 0.3 is 0 Å². The molecule has 96 valence electrons. The molecule has 1 aromatic carbocycles. The molecule has 0 atom stereocenters. The lowest BCUT2D eigenvalue weighted by Crippen LogP contribution is -2.14. The Balaban J connectivity index is 2.90. The minimum absolute atomic E-state index is 0.0249. The molecule has 0 spiro atoms. The minimum atomic E-state index is -0.0249. The molecule has 0 saturated heterocycles. The summed E-state index contributed by atoms with van der Waals surface area (Å²) in [5, 5.41) is 3.42. The van der Waals surface area contributed by atoms with Gasteiger partial charge in [-0.2, -0.15) is 0 Å². The van der Waals surface area contributed by atoms with Gasteiger partial charge in [0.1, 0.15) is 0 Å². The third kappa shape index (κ3) is 4.79. The average Bonchev–Trinajstić information content (AvgIpc) is 2.28. The Morgan fingerprint density at radius 2 is 2.22 bits per heavy atom. The smallest absolute Gasteiger partial charge is 0.224 e. The first-order valence-electron chi connectivity index (χ1n) is 5.81. The molecule has 1 amide bonds. The molecule has 0 unspecified atom stereocenters. The van der Waals surface area contributed by atoms with Gasteiger partial charge in [-0.05, 0) is 24.1 Å². The predicted molar refractivity (Wildman–Crippen MR) is 75.5 cm³/mol. The average molecular weight is 265 g/mol. The summed E-state index contributed by atoms with van der Waals surface area (Å²) in [6, 6.07) is 5.19. The van der Waals surface area contributed by atoms with Crippen LogP contribution in [0.2, 0.25) is 5.02 Å². The normalized spacial score (nSPS) is 9.83. The summed E-state index contributed by atoms with van der Waals surface area (Å²) in [4.78, 5) is 11.7. The number of hydrogen-bond donors (Lipinski definition) is 2. The molecule has 0 fully saturated rings. The number of carbonyl (C=O) groups excluding carboxylic acids is 1. The first-order chi connectivity index (χ1) is 8.52. The zero-order chi connectivity index (χ0) is 13.5. The number of anilines is 1. The Morgan fingerprint density at radius 3 is 2.83 bits per heavy atom. The van der Waals surface area contributed by atoms with E-state index in [9.17, 15) is 4.79 Å². The third-order valence-electron chi connectivity index (χ3n) is 2.17. The van der Waals surface area contributed by atoms with Crippen LogP contribution in [0.4, 0.5) is 5.69 Å². The molecule has 0 bridgehead atoms. The van der Waals surface area contributed by atoms with E-state index in [1.807, 2.05) is 13.8 Å². The van der Waals surface area contributed by atoms with Crippen molar-refractivity contribution in [3.63, 3.8) is 0 Å². The van der Waals surface area contributed by atoms with Crippen molar-refractivity contribution >= 4 is 23.2 Å². The zero-order valence-corrected chi connectivity index (χ0v) is 11.3. The van der Waals surface area contributed by atoms with Gasteiger partial charge < -0.3 is 11.1 Å². The van der Waals surface area contributed by atoms with Gasteiger partial charge in [0.05, 0.1) is 12.2 Å². The zero-order valence-electron chi connectivity index (χ0n) is 10.6. The Bertz CT molecular complexity index is 486. The predicted octanol–water partition coefficient (Wildman–Crippen LogP) is 2.63. The maximum atomic E-state index is 11.7. The molecule has 0 heterocycles. The number of carbonyl (C=O) groups is 1. The molecular formula is C14H17ClN2O. The van der Waals surface area contributed by atoms with Crippen molar-refractivity contribution in [3.8, 4) is 11.8 Å². The standard InChI is InChI=1S/C14H17ClN2O/c1-10(2)8-14(18)17-13-6-5-12(15)9-11(13)4-3-7-16/h5-6,9-10H,7-8,16H2,1-2H3,(H,17,18). The minimum Gasteiger partial charge on any atom is -0.325 e. The van der Waals surface area contributed by atoms with Crippen LogP contribution in [0.15, 0.2) is 18.2 Å². The number of amides is 1. The lowest BCUT2D eigenvalue weighted by Gasteiger charge is -2.09. The summed E-state index contributed by atoms with van der Waals surface area (Å²) < 4.78 is 0. The molecule has 0 aliphatic rings. The monoisotopic (exact) mass is 264 g/mol. The summed E-state index contributed by atoms with van der Waals surface area (Å²) in [6.45, 7) is 4.26. The second-order valence-electron chi connectivity index (χ2n) is 4.34. The number of nitrogens with one attached hydrogen (secondary N) is 1. The molecule has 0 saturated carbocycles. The second-order valence-corrected chi connectivity index (χ2v) is 4.78. The van der Waals surface area contributed by atoms with E-state index in [0.717, 1.165) is 0 Å². The number of halogens is 1.